The van der Waals surface area contributed by atoms with E-state index in [2.05, 4.69) is 176 Å². The molecule has 9 rings (SSSR count). The van der Waals surface area contributed by atoms with Gasteiger partial charge in [0.05, 0.1) is 11.1 Å². The van der Waals surface area contributed by atoms with Crippen molar-refractivity contribution in [2.75, 3.05) is 4.90 Å². The predicted octanol–water partition coefficient (Wildman–Crippen LogP) is 12.7. The maximum Gasteiger partial charge on any atom is 0.145 e. The molecular weight excluding hydrogens is 571 g/mol. The van der Waals surface area contributed by atoms with Crippen molar-refractivity contribution in [2.24, 2.45) is 0 Å². The normalized spacial score (nSPS) is 13.1. The van der Waals surface area contributed by atoms with Crippen molar-refractivity contribution in [1.29, 1.82) is 0 Å². The molecule has 1 aromatic heterocycles. The Hall–Kier alpha value is -5.86. The van der Waals surface area contributed by atoms with Crippen molar-refractivity contribution < 1.29 is 4.42 Å². The third-order valence-electron chi connectivity index (χ3n) is 9.89. The number of rotatable bonds is 5. The summed E-state index contributed by atoms with van der Waals surface area (Å²) in [6.07, 6.45) is 0. The monoisotopic (exact) mass is 603 g/mol. The zero-order chi connectivity index (χ0) is 31.5. The SMILES string of the molecule is CC1(C)c2ccccc2-c2ccc(N(c3ccc(-c4ccccc4)cc3)c3ccc(-c4ccccc4)c4oc5ccccc5c34)cc21. The molecule has 1 aliphatic carbocycles. The molecule has 0 bridgehead atoms. The Morgan fingerprint density at radius 3 is 1.85 bits per heavy atom. The van der Waals surface area contributed by atoms with Crippen LogP contribution in [-0.4, -0.2) is 0 Å². The molecule has 2 heteroatoms. The molecule has 0 amide bonds. The Morgan fingerprint density at radius 2 is 1.06 bits per heavy atom. The standard InChI is InChI=1S/C45H33NO/c1-45(2)39-19-11-9-17-36(39)37-26-25-34(29-40(37)45)46(33-23-21-31(22-24-33)30-13-5-3-6-14-30)41-28-27-35(32-15-7-4-8-16-32)44-43(41)38-18-10-12-20-42(38)47-44/h3-29H,1-2H3. The van der Waals surface area contributed by atoms with E-state index in [1.165, 1.54) is 33.4 Å². The van der Waals surface area contributed by atoms with Crippen LogP contribution in [0.1, 0.15) is 25.0 Å². The highest BCUT2D eigenvalue weighted by Crippen LogP contribution is 2.52. The summed E-state index contributed by atoms with van der Waals surface area (Å²) in [6, 6.07) is 58.8. The van der Waals surface area contributed by atoms with Crippen LogP contribution in [0.2, 0.25) is 0 Å². The van der Waals surface area contributed by atoms with Crippen LogP contribution in [0.4, 0.5) is 17.1 Å². The van der Waals surface area contributed by atoms with E-state index >= 15 is 0 Å². The van der Waals surface area contributed by atoms with Crippen LogP contribution in [0.15, 0.2) is 168 Å². The van der Waals surface area contributed by atoms with Gasteiger partial charge in [-0.2, -0.15) is 0 Å². The molecule has 0 saturated heterocycles. The fourth-order valence-electron chi connectivity index (χ4n) is 7.53. The van der Waals surface area contributed by atoms with Gasteiger partial charge in [0.15, 0.2) is 0 Å². The quantitative estimate of drug-likeness (QED) is 0.195. The van der Waals surface area contributed by atoms with Gasteiger partial charge in [-0.05, 0) is 81.4 Å². The minimum absolute atomic E-state index is 0.112. The van der Waals surface area contributed by atoms with Crippen LogP contribution < -0.4 is 4.90 Å². The summed E-state index contributed by atoms with van der Waals surface area (Å²) in [4.78, 5) is 2.41. The number of anilines is 3. The molecule has 0 saturated carbocycles. The van der Waals surface area contributed by atoms with Gasteiger partial charge >= 0.3 is 0 Å². The van der Waals surface area contributed by atoms with Gasteiger partial charge in [0.2, 0.25) is 0 Å². The number of fused-ring (bicyclic) bond motifs is 6. The zero-order valence-corrected chi connectivity index (χ0v) is 26.4. The fourth-order valence-corrected chi connectivity index (χ4v) is 7.53. The first-order valence-corrected chi connectivity index (χ1v) is 16.3. The van der Waals surface area contributed by atoms with Crippen molar-refractivity contribution in [3.8, 4) is 33.4 Å². The lowest BCUT2D eigenvalue weighted by Crippen LogP contribution is -2.16. The molecule has 0 unspecified atom stereocenters. The minimum atomic E-state index is -0.112. The second-order valence-corrected chi connectivity index (χ2v) is 12.9. The highest BCUT2D eigenvalue weighted by molar-refractivity contribution is 6.17. The Kier molecular flexibility index (Phi) is 6.20. The summed E-state index contributed by atoms with van der Waals surface area (Å²) in [5, 5.41) is 2.22. The second-order valence-electron chi connectivity index (χ2n) is 12.9. The van der Waals surface area contributed by atoms with Gasteiger partial charge in [0, 0.05) is 27.7 Å². The lowest BCUT2D eigenvalue weighted by atomic mass is 9.82. The molecule has 0 aliphatic heterocycles. The number of hydrogen-bond acceptors (Lipinski definition) is 2. The van der Waals surface area contributed by atoms with E-state index in [9.17, 15) is 0 Å². The summed E-state index contributed by atoms with van der Waals surface area (Å²) in [7, 11) is 0. The van der Waals surface area contributed by atoms with Gasteiger partial charge in [0.1, 0.15) is 11.2 Å². The van der Waals surface area contributed by atoms with E-state index in [1.54, 1.807) is 0 Å². The van der Waals surface area contributed by atoms with Crippen LogP contribution >= 0.6 is 0 Å². The van der Waals surface area contributed by atoms with Gasteiger partial charge < -0.3 is 9.32 Å². The largest absolute Gasteiger partial charge is 0.455 e. The molecule has 2 nitrogen and oxygen atoms in total. The molecule has 0 fully saturated rings. The number of furan rings is 1. The van der Waals surface area contributed by atoms with E-state index in [4.69, 9.17) is 4.42 Å². The summed E-state index contributed by atoms with van der Waals surface area (Å²) >= 11 is 0. The number of para-hydroxylation sites is 1. The molecule has 0 N–H and O–H groups in total. The van der Waals surface area contributed by atoms with E-state index < -0.39 is 0 Å². The molecule has 7 aromatic carbocycles. The average Bonchev–Trinajstić information content (AvgIpc) is 3.63. The molecule has 1 heterocycles. The van der Waals surface area contributed by atoms with Crippen LogP contribution in [0, 0.1) is 0 Å². The molecule has 0 spiro atoms. The first kappa shape index (κ1) is 27.5. The third kappa shape index (κ3) is 4.33. The van der Waals surface area contributed by atoms with Crippen molar-refractivity contribution in [3.63, 3.8) is 0 Å². The summed E-state index contributed by atoms with van der Waals surface area (Å²) in [5.74, 6) is 0. The van der Waals surface area contributed by atoms with E-state index in [1.807, 2.05) is 6.07 Å². The van der Waals surface area contributed by atoms with Crippen molar-refractivity contribution in [2.45, 2.75) is 19.3 Å². The minimum Gasteiger partial charge on any atom is -0.455 e. The molecule has 8 aromatic rings. The highest BCUT2D eigenvalue weighted by Gasteiger charge is 2.36. The Balaban J connectivity index is 1.30. The lowest BCUT2D eigenvalue weighted by molar-refractivity contribution is 0.660. The number of hydrogen-bond donors (Lipinski definition) is 0. The van der Waals surface area contributed by atoms with Crippen LogP contribution in [0.5, 0.6) is 0 Å². The smallest absolute Gasteiger partial charge is 0.145 e. The van der Waals surface area contributed by atoms with Crippen LogP contribution in [0.25, 0.3) is 55.3 Å². The Bertz CT molecular complexity index is 2420. The van der Waals surface area contributed by atoms with Crippen LogP contribution in [0.3, 0.4) is 0 Å². The summed E-state index contributed by atoms with van der Waals surface area (Å²) in [6.45, 7) is 4.69. The van der Waals surface area contributed by atoms with Crippen molar-refractivity contribution in [3.05, 3.63) is 175 Å². The molecule has 224 valence electrons. The fraction of sp³-hybridized carbons (Fsp3) is 0.0667. The first-order valence-electron chi connectivity index (χ1n) is 16.3. The average molecular weight is 604 g/mol. The summed E-state index contributed by atoms with van der Waals surface area (Å²) < 4.78 is 6.70. The molecule has 47 heavy (non-hydrogen) atoms. The molecular formula is C45H33NO. The van der Waals surface area contributed by atoms with E-state index in [-0.39, 0.29) is 5.41 Å². The lowest BCUT2D eigenvalue weighted by Gasteiger charge is -2.29. The van der Waals surface area contributed by atoms with Gasteiger partial charge in [0.25, 0.3) is 0 Å². The predicted molar refractivity (Wildman–Crippen MR) is 197 cm³/mol. The maximum atomic E-state index is 6.70. The number of nitrogens with zero attached hydrogens (tertiary/aromatic N) is 1. The van der Waals surface area contributed by atoms with Gasteiger partial charge in [-0.3, -0.25) is 0 Å². The zero-order valence-electron chi connectivity index (χ0n) is 26.4. The van der Waals surface area contributed by atoms with E-state index in [0.29, 0.717) is 0 Å². The summed E-state index contributed by atoms with van der Waals surface area (Å²) in [5.41, 5.74) is 15.0. The molecule has 1 aliphatic rings. The molecule has 0 atom stereocenters. The van der Waals surface area contributed by atoms with E-state index in [0.717, 1.165) is 50.1 Å². The molecule has 0 radical (unpaired) electrons. The number of benzene rings is 7. The van der Waals surface area contributed by atoms with Crippen molar-refractivity contribution >= 4 is 39.0 Å². The Labute approximate surface area is 275 Å². The van der Waals surface area contributed by atoms with Gasteiger partial charge in [-0.25, -0.2) is 0 Å². The highest BCUT2D eigenvalue weighted by atomic mass is 16.3. The van der Waals surface area contributed by atoms with Crippen molar-refractivity contribution in [1.82, 2.24) is 0 Å². The maximum absolute atomic E-state index is 6.70. The Morgan fingerprint density at radius 1 is 0.468 bits per heavy atom. The van der Waals surface area contributed by atoms with Gasteiger partial charge in [-0.15, -0.1) is 0 Å². The topological polar surface area (TPSA) is 16.4 Å². The van der Waals surface area contributed by atoms with Crippen LogP contribution in [-0.2, 0) is 5.41 Å². The first-order chi connectivity index (χ1) is 23.1. The van der Waals surface area contributed by atoms with Gasteiger partial charge in [-0.1, -0.05) is 135 Å². The second kappa shape index (κ2) is 10.6. The third-order valence-corrected chi connectivity index (χ3v) is 9.89.